The molecule has 0 radical (unpaired) electrons. The Labute approximate surface area is 190 Å². The largest absolute Gasteiger partial charge is 0.378 e. The van der Waals surface area contributed by atoms with E-state index in [0.29, 0.717) is 17.2 Å². The lowest BCUT2D eigenvalue weighted by molar-refractivity contribution is -0.0116. The molecule has 0 saturated carbocycles. The molecule has 33 heavy (non-hydrogen) atoms. The average molecular weight is 458 g/mol. The first-order valence-corrected chi connectivity index (χ1v) is 11.2. The number of benzene rings is 2. The molecule has 1 N–H and O–H groups in total. The summed E-state index contributed by atoms with van der Waals surface area (Å²) < 4.78 is 46.6. The number of piperazine rings is 1. The predicted octanol–water partition coefficient (Wildman–Crippen LogP) is 4.40. The molecule has 2 aliphatic heterocycles. The van der Waals surface area contributed by atoms with Gasteiger partial charge in [0.25, 0.3) is 6.43 Å². The van der Waals surface area contributed by atoms with Gasteiger partial charge in [0.2, 0.25) is 0 Å². The van der Waals surface area contributed by atoms with Gasteiger partial charge < -0.3 is 15.0 Å². The molecule has 0 spiro atoms. The molecular formula is C24H26F3N5O. The number of alkyl halides is 2. The van der Waals surface area contributed by atoms with Crippen molar-refractivity contribution in [3.63, 3.8) is 0 Å². The number of hydrogen-bond donors (Lipinski definition) is 1. The first kappa shape index (κ1) is 21.9. The van der Waals surface area contributed by atoms with E-state index in [9.17, 15) is 13.2 Å². The van der Waals surface area contributed by atoms with E-state index in [-0.39, 0.29) is 5.56 Å². The standard InChI is InChI=1S/C24H26F3N5O/c1-15(18-3-2-4-19(23(18)25)24(26)27)29-22-12-28-30-21-6-5-16(11-20(21)22)32-8-7-31-9-10-33-14-17(31)13-32/h2-6,11-12,15,17,24H,7-10,13-14H2,1H3,(H,29,30)/t15-,17+/m1/s1. The number of nitrogens with one attached hydrogen (secondary N) is 1. The van der Waals surface area contributed by atoms with Crippen molar-refractivity contribution in [1.82, 2.24) is 15.1 Å². The molecule has 0 amide bonds. The van der Waals surface area contributed by atoms with Crippen LogP contribution < -0.4 is 10.2 Å². The zero-order valence-corrected chi connectivity index (χ0v) is 18.3. The summed E-state index contributed by atoms with van der Waals surface area (Å²) in [6.45, 7) is 7.04. The van der Waals surface area contributed by atoms with Crippen molar-refractivity contribution in [3.8, 4) is 0 Å². The highest BCUT2D eigenvalue weighted by Gasteiger charge is 2.29. The maximum Gasteiger partial charge on any atom is 0.266 e. The van der Waals surface area contributed by atoms with Crippen LogP contribution in [0.4, 0.5) is 24.5 Å². The Kier molecular flexibility index (Phi) is 6.07. The van der Waals surface area contributed by atoms with Gasteiger partial charge in [-0.2, -0.15) is 10.2 Å². The molecule has 6 nitrogen and oxygen atoms in total. The molecule has 2 fully saturated rings. The van der Waals surface area contributed by atoms with Crippen molar-refractivity contribution in [2.24, 2.45) is 0 Å². The Morgan fingerprint density at radius 2 is 1.97 bits per heavy atom. The second-order valence-electron chi connectivity index (χ2n) is 8.59. The normalized spacial score (nSPS) is 20.2. The maximum absolute atomic E-state index is 14.7. The predicted molar refractivity (Wildman–Crippen MR) is 121 cm³/mol. The van der Waals surface area contributed by atoms with Crippen LogP contribution in [-0.2, 0) is 4.74 Å². The number of anilines is 2. The molecule has 174 valence electrons. The zero-order chi connectivity index (χ0) is 22.9. The SMILES string of the molecule is C[C@@H](Nc1cnnc2ccc(N3CCN4CCOC[C@@H]4C3)cc12)c1cccc(C(F)F)c1F. The Bertz CT molecular complexity index is 1140. The Morgan fingerprint density at radius 3 is 2.82 bits per heavy atom. The fraction of sp³-hybridized carbons (Fsp3) is 0.417. The van der Waals surface area contributed by atoms with Crippen LogP contribution in [0.25, 0.3) is 10.9 Å². The van der Waals surface area contributed by atoms with Crippen molar-refractivity contribution in [1.29, 1.82) is 0 Å². The lowest BCUT2D eigenvalue weighted by atomic mass is 10.0. The minimum Gasteiger partial charge on any atom is -0.378 e. The molecule has 2 aliphatic rings. The van der Waals surface area contributed by atoms with Gasteiger partial charge in [0.15, 0.2) is 0 Å². The first-order valence-electron chi connectivity index (χ1n) is 11.2. The Morgan fingerprint density at radius 1 is 1.12 bits per heavy atom. The molecule has 0 aliphatic carbocycles. The van der Waals surface area contributed by atoms with Gasteiger partial charge in [0.1, 0.15) is 5.82 Å². The quantitative estimate of drug-likeness (QED) is 0.613. The number of hydrogen-bond acceptors (Lipinski definition) is 6. The van der Waals surface area contributed by atoms with Crippen molar-refractivity contribution in [2.75, 3.05) is 49.6 Å². The summed E-state index contributed by atoms with van der Waals surface area (Å²) >= 11 is 0. The van der Waals surface area contributed by atoms with E-state index in [1.807, 2.05) is 12.1 Å². The third-order valence-electron chi connectivity index (χ3n) is 6.56. The van der Waals surface area contributed by atoms with Crippen molar-refractivity contribution < 1.29 is 17.9 Å². The van der Waals surface area contributed by atoms with E-state index in [1.54, 1.807) is 13.1 Å². The molecule has 0 unspecified atom stereocenters. The Balaban J connectivity index is 1.42. The highest BCUT2D eigenvalue weighted by atomic mass is 19.3. The van der Waals surface area contributed by atoms with E-state index >= 15 is 0 Å². The van der Waals surface area contributed by atoms with Gasteiger partial charge >= 0.3 is 0 Å². The van der Waals surface area contributed by atoms with Crippen LogP contribution in [0.3, 0.4) is 0 Å². The summed E-state index contributed by atoms with van der Waals surface area (Å²) in [5.74, 6) is -0.882. The van der Waals surface area contributed by atoms with Crippen LogP contribution in [-0.4, -0.2) is 60.5 Å². The number of rotatable bonds is 5. The smallest absolute Gasteiger partial charge is 0.266 e. The molecular weight excluding hydrogens is 431 g/mol. The van der Waals surface area contributed by atoms with Crippen molar-refractivity contribution in [2.45, 2.75) is 25.4 Å². The van der Waals surface area contributed by atoms with Gasteiger partial charge in [-0.3, -0.25) is 4.90 Å². The number of halogens is 3. The van der Waals surface area contributed by atoms with Gasteiger partial charge in [-0.15, -0.1) is 0 Å². The van der Waals surface area contributed by atoms with Crippen LogP contribution >= 0.6 is 0 Å². The summed E-state index contributed by atoms with van der Waals surface area (Å²) in [6, 6.07) is 9.95. The molecule has 3 heterocycles. The average Bonchev–Trinajstić information content (AvgIpc) is 2.83. The third-order valence-corrected chi connectivity index (χ3v) is 6.56. The van der Waals surface area contributed by atoms with Gasteiger partial charge in [-0.1, -0.05) is 18.2 Å². The monoisotopic (exact) mass is 457 g/mol. The van der Waals surface area contributed by atoms with Crippen LogP contribution in [0.15, 0.2) is 42.6 Å². The molecule has 5 rings (SSSR count). The molecule has 0 bridgehead atoms. The summed E-state index contributed by atoms with van der Waals surface area (Å²) in [5, 5.41) is 12.4. The van der Waals surface area contributed by atoms with Crippen LogP contribution in [0, 0.1) is 5.82 Å². The number of aromatic nitrogens is 2. The third kappa shape index (κ3) is 4.35. The zero-order valence-electron chi connectivity index (χ0n) is 18.3. The molecule has 3 aromatic rings. The van der Waals surface area contributed by atoms with Gasteiger partial charge in [-0.25, -0.2) is 13.2 Å². The van der Waals surface area contributed by atoms with E-state index in [0.717, 1.165) is 56.5 Å². The summed E-state index contributed by atoms with van der Waals surface area (Å²) in [5.41, 5.74) is 2.05. The molecule has 1 aromatic heterocycles. The number of nitrogens with zero attached hydrogens (tertiary/aromatic N) is 4. The number of morpholine rings is 1. The number of fused-ring (bicyclic) bond motifs is 2. The second-order valence-corrected chi connectivity index (χ2v) is 8.59. The highest BCUT2D eigenvalue weighted by Crippen LogP contribution is 2.32. The fourth-order valence-electron chi connectivity index (χ4n) is 4.72. The van der Waals surface area contributed by atoms with Gasteiger partial charge in [0, 0.05) is 42.8 Å². The lowest BCUT2D eigenvalue weighted by Crippen LogP contribution is -2.58. The fourth-order valence-corrected chi connectivity index (χ4v) is 4.72. The van der Waals surface area contributed by atoms with Crippen molar-refractivity contribution in [3.05, 3.63) is 59.5 Å². The molecule has 2 aromatic carbocycles. The van der Waals surface area contributed by atoms with Gasteiger partial charge in [-0.05, 0) is 25.1 Å². The topological polar surface area (TPSA) is 53.5 Å². The summed E-state index contributed by atoms with van der Waals surface area (Å²) in [7, 11) is 0. The van der Waals surface area contributed by atoms with E-state index in [1.165, 1.54) is 12.1 Å². The minimum atomic E-state index is -2.86. The van der Waals surface area contributed by atoms with Crippen molar-refractivity contribution >= 4 is 22.3 Å². The lowest BCUT2D eigenvalue weighted by Gasteiger charge is -2.44. The van der Waals surface area contributed by atoms with E-state index in [2.05, 4.69) is 31.4 Å². The van der Waals surface area contributed by atoms with Crippen LogP contribution in [0.5, 0.6) is 0 Å². The minimum absolute atomic E-state index is 0.183. The molecule has 2 atom stereocenters. The summed E-state index contributed by atoms with van der Waals surface area (Å²) in [4.78, 5) is 4.82. The maximum atomic E-state index is 14.7. The first-order chi connectivity index (χ1) is 16.0. The molecule has 9 heteroatoms. The van der Waals surface area contributed by atoms with Crippen LogP contribution in [0.1, 0.15) is 30.5 Å². The van der Waals surface area contributed by atoms with Gasteiger partial charge in [0.05, 0.1) is 48.3 Å². The van der Waals surface area contributed by atoms with E-state index < -0.39 is 23.8 Å². The summed E-state index contributed by atoms with van der Waals surface area (Å²) in [6.07, 6.45) is -1.28. The van der Waals surface area contributed by atoms with Crippen LogP contribution in [0.2, 0.25) is 0 Å². The highest BCUT2D eigenvalue weighted by molar-refractivity contribution is 5.93. The molecule has 2 saturated heterocycles. The Hall–Kier alpha value is -2.91. The number of ether oxygens (including phenoxy) is 1. The second kappa shape index (κ2) is 9.15. The van der Waals surface area contributed by atoms with E-state index in [4.69, 9.17) is 4.74 Å².